The summed E-state index contributed by atoms with van der Waals surface area (Å²) >= 11 is 7.50. The first-order chi connectivity index (χ1) is 22.2. The van der Waals surface area contributed by atoms with Gasteiger partial charge in [-0.1, -0.05) is 29.8 Å². The van der Waals surface area contributed by atoms with Gasteiger partial charge in [0.1, 0.15) is 22.0 Å². The van der Waals surface area contributed by atoms with Crippen LogP contribution >= 0.6 is 22.9 Å². The number of aliphatic carboxylic acids is 1. The van der Waals surface area contributed by atoms with Gasteiger partial charge in [0.25, 0.3) is 0 Å². The summed E-state index contributed by atoms with van der Waals surface area (Å²) in [6.07, 6.45) is -4.25. The van der Waals surface area contributed by atoms with Crippen LogP contribution in [0.3, 0.4) is 0 Å². The van der Waals surface area contributed by atoms with Crippen LogP contribution in [0.5, 0.6) is 11.6 Å². The Hall–Kier alpha value is -3.99. The molecule has 1 N–H and O–H groups in total. The quantitative estimate of drug-likeness (QED) is 0.194. The number of carboxylic acids is 1. The molecule has 1 aliphatic heterocycles. The number of rotatable bonds is 8. The number of ether oxygens (including phenoxy) is 2. The second kappa shape index (κ2) is 12.2. The molecule has 11 nitrogen and oxygen atoms in total. The molecule has 0 bridgehead atoms. The largest absolute Gasteiger partial charge is 0.573 e. The fourth-order valence-electron chi connectivity index (χ4n) is 5.88. The highest BCUT2D eigenvalue weighted by atomic mass is 35.5. The van der Waals surface area contributed by atoms with E-state index in [1.807, 2.05) is 18.4 Å². The second-order valence-electron chi connectivity index (χ2n) is 11.1. The van der Waals surface area contributed by atoms with E-state index in [1.54, 1.807) is 19.1 Å². The number of halogens is 4. The van der Waals surface area contributed by atoms with Gasteiger partial charge >= 0.3 is 12.3 Å². The number of carboxylic acid groups (broad SMARTS) is 1. The van der Waals surface area contributed by atoms with E-state index in [-0.39, 0.29) is 45.5 Å². The molecule has 0 aliphatic carbocycles. The van der Waals surface area contributed by atoms with Crippen molar-refractivity contribution in [1.82, 2.24) is 24.3 Å². The SMILES string of the molecule is CC[C@@H]1CN(Cc2cc([C@H](CC(=O)O)c3cc(OC(F)(F)F)c4c(nnn4C)c3C)cc3ccsc23)S(=O)(=O)c2cc(Cl)cnc2O1. The topological polar surface area (TPSA) is 137 Å². The lowest BCUT2D eigenvalue weighted by molar-refractivity contribution is -0.274. The van der Waals surface area contributed by atoms with Crippen LogP contribution < -0.4 is 9.47 Å². The number of hydrogen-bond donors (Lipinski definition) is 1. The number of alkyl halides is 3. The smallest absolute Gasteiger partial charge is 0.481 e. The van der Waals surface area contributed by atoms with Gasteiger partial charge < -0.3 is 14.6 Å². The lowest BCUT2D eigenvalue weighted by atomic mass is 9.84. The van der Waals surface area contributed by atoms with E-state index in [9.17, 15) is 31.5 Å². The lowest BCUT2D eigenvalue weighted by Gasteiger charge is -2.24. The third-order valence-corrected chi connectivity index (χ3v) is 11.1. The molecule has 0 spiro atoms. The highest BCUT2D eigenvalue weighted by Gasteiger charge is 2.37. The Morgan fingerprint density at radius 2 is 2.04 bits per heavy atom. The molecule has 5 aromatic rings. The number of benzene rings is 2. The number of aromatic nitrogens is 4. The third kappa shape index (κ3) is 6.34. The van der Waals surface area contributed by atoms with E-state index >= 15 is 0 Å². The molecule has 17 heteroatoms. The highest BCUT2D eigenvalue weighted by Crippen LogP contribution is 2.42. The van der Waals surface area contributed by atoms with Gasteiger partial charge in [0.15, 0.2) is 5.75 Å². The van der Waals surface area contributed by atoms with Crippen molar-refractivity contribution < 1.29 is 41.0 Å². The minimum Gasteiger partial charge on any atom is -0.481 e. The fourth-order valence-corrected chi connectivity index (χ4v) is 8.54. The second-order valence-corrected chi connectivity index (χ2v) is 14.4. The first-order valence-electron chi connectivity index (χ1n) is 14.3. The highest BCUT2D eigenvalue weighted by molar-refractivity contribution is 7.89. The summed E-state index contributed by atoms with van der Waals surface area (Å²) in [7, 11) is -2.73. The van der Waals surface area contributed by atoms with Gasteiger partial charge in [0.2, 0.25) is 15.9 Å². The molecule has 1 aliphatic rings. The summed E-state index contributed by atoms with van der Waals surface area (Å²) in [5, 5.41) is 20.6. The maximum atomic E-state index is 14.0. The van der Waals surface area contributed by atoms with Gasteiger partial charge in [-0.2, -0.15) is 4.31 Å². The van der Waals surface area contributed by atoms with Crippen LogP contribution in [0, 0.1) is 6.92 Å². The monoisotopic (exact) mass is 709 g/mol. The van der Waals surface area contributed by atoms with Gasteiger partial charge in [-0.15, -0.1) is 29.6 Å². The first-order valence-corrected chi connectivity index (χ1v) is 17.0. The van der Waals surface area contributed by atoms with Crippen molar-refractivity contribution in [2.75, 3.05) is 6.54 Å². The molecule has 0 unspecified atom stereocenters. The zero-order valence-electron chi connectivity index (χ0n) is 25.1. The van der Waals surface area contributed by atoms with Crippen molar-refractivity contribution in [2.24, 2.45) is 7.05 Å². The number of aryl methyl sites for hydroxylation is 2. The Morgan fingerprint density at radius 3 is 2.74 bits per heavy atom. The molecule has 3 aromatic heterocycles. The summed E-state index contributed by atoms with van der Waals surface area (Å²) in [4.78, 5) is 16.2. The molecule has 47 heavy (non-hydrogen) atoms. The van der Waals surface area contributed by atoms with Crippen molar-refractivity contribution in [3.05, 3.63) is 69.2 Å². The molecule has 248 valence electrons. The average Bonchev–Trinajstić information content (AvgIpc) is 3.61. The van der Waals surface area contributed by atoms with Crippen LogP contribution in [0.1, 0.15) is 47.9 Å². The molecule has 0 radical (unpaired) electrons. The Balaban J connectivity index is 1.51. The number of hydrogen-bond acceptors (Lipinski definition) is 9. The van der Waals surface area contributed by atoms with Gasteiger partial charge in [0.05, 0.1) is 18.0 Å². The molecule has 0 amide bonds. The number of carbonyl (C=O) groups is 1. The van der Waals surface area contributed by atoms with Crippen molar-refractivity contribution in [2.45, 2.75) is 56.5 Å². The van der Waals surface area contributed by atoms with E-state index in [2.05, 4.69) is 20.0 Å². The predicted molar refractivity (Wildman–Crippen MR) is 167 cm³/mol. The zero-order chi connectivity index (χ0) is 33.8. The molecule has 4 heterocycles. The summed E-state index contributed by atoms with van der Waals surface area (Å²) in [5.41, 5.74) is 1.84. The van der Waals surface area contributed by atoms with Crippen molar-refractivity contribution >= 4 is 60.0 Å². The maximum Gasteiger partial charge on any atom is 0.573 e. The summed E-state index contributed by atoms with van der Waals surface area (Å²) < 4.78 is 82.0. The van der Waals surface area contributed by atoms with Crippen LogP contribution in [0.25, 0.3) is 21.1 Å². The van der Waals surface area contributed by atoms with Crippen LogP contribution in [-0.4, -0.2) is 62.8 Å². The number of sulfonamides is 1. The van der Waals surface area contributed by atoms with Gasteiger partial charge in [-0.05, 0) is 70.6 Å². The molecular formula is C30H27ClF3N5O6S2. The third-order valence-electron chi connectivity index (χ3n) is 8.06. The molecular weight excluding hydrogens is 683 g/mol. The Labute approximate surface area is 275 Å². The molecule has 0 saturated heterocycles. The average molecular weight is 710 g/mol. The minimum absolute atomic E-state index is 0.000526. The number of nitrogens with zero attached hydrogens (tertiary/aromatic N) is 5. The van der Waals surface area contributed by atoms with Gasteiger partial charge in [0, 0.05) is 30.4 Å². The molecule has 0 saturated carbocycles. The van der Waals surface area contributed by atoms with Crippen LogP contribution in [-0.2, 0) is 28.4 Å². The summed E-state index contributed by atoms with van der Waals surface area (Å²) in [6, 6.07) is 7.75. The van der Waals surface area contributed by atoms with E-state index in [0.29, 0.717) is 28.5 Å². The number of pyridine rings is 1. The Kier molecular flexibility index (Phi) is 8.57. The van der Waals surface area contributed by atoms with Crippen molar-refractivity contribution in [1.29, 1.82) is 0 Å². The van der Waals surface area contributed by atoms with Gasteiger partial charge in [-0.3, -0.25) is 4.79 Å². The number of thiophene rings is 1. The van der Waals surface area contributed by atoms with E-state index in [0.717, 1.165) is 9.38 Å². The van der Waals surface area contributed by atoms with E-state index < -0.39 is 46.5 Å². The summed E-state index contributed by atoms with van der Waals surface area (Å²) in [6.45, 7) is 3.39. The van der Waals surface area contributed by atoms with Crippen LogP contribution in [0.15, 0.2) is 46.8 Å². The Bertz CT molecular complexity index is 2140. The van der Waals surface area contributed by atoms with Crippen molar-refractivity contribution in [3.8, 4) is 11.6 Å². The zero-order valence-corrected chi connectivity index (χ0v) is 27.5. The number of fused-ring (bicyclic) bond motifs is 3. The van der Waals surface area contributed by atoms with Crippen LogP contribution in [0.2, 0.25) is 5.02 Å². The normalized spacial score (nSPS) is 17.3. The Morgan fingerprint density at radius 1 is 1.28 bits per heavy atom. The lowest BCUT2D eigenvalue weighted by Crippen LogP contribution is -2.36. The molecule has 6 rings (SSSR count). The standard InChI is InChI=1S/C30H27ClF3N5O6S2/c1-4-20-14-39(47(42,43)24-9-19(31)12-35-29(24)44-20)13-18-8-17(7-16-5-6-46-28(16)18)22(11-25(40)41)21-10-23(45-30(32,33)34)27-26(15(21)2)36-37-38(27)3/h5-10,12,20,22H,4,11,13-14H2,1-3H3,(H,40,41)/t20-,22+/m1/s1. The van der Waals surface area contributed by atoms with Crippen molar-refractivity contribution in [3.63, 3.8) is 0 Å². The molecule has 2 atom stereocenters. The van der Waals surface area contributed by atoms with Gasteiger partial charge in [-0.25, -0.2) is 18.1 Å². The maximum absolute atomic E-state index is 14.0. The van der Waals surface area contributed by atoms with E-state index in [1.165, 1.54) is 41.0 Å². The van der Waals surface area contributed by atoms with Crippen LogP contribution in [0.4, 0.5) is 13.2 Å². The predicted octanol–water partition coefficient (Wildman–Crippen LogP) is 6.41. The molecule has 0 fully saturated rings. The van der Waals surface area contributed by atoms with E-state index in [4.69, 9.17) is 16.3 Å². The fraction of sp³-hybridized carbons (Fsp3) is 0.333. The first kappa shape index (κ1) is 32.9. The molecule has 2 aromatic carbocycles. The summed E-state index contributed by atoms with van der Waals surface area (Å²) in [5.74, 6) is -2.78. The minimum atomic E-state index is -5.04.